The van der Waals surface area contributed by atoms with Crippen molar-refractivity contribution in [2.45, 2.75) is 26.3 Å². The summed E-state index contributed by atoms with van der Waals surface area (Å²) in [6, 6.07) is 19.6. The van der Waals surface area contributed by atoms with Crippen molar-refractivity contribution in [2.75, 3.05) is 31.1 Å². The van der Waals surface area contributed by atoms with Gasteiger partial charge in [0.05, 0.1) is 11.4 Å². The minimum Gasteiger partial charge on any atom is -0.480 e. The van der Waals surface area contributed by atoms with Gasteiger partial charge in [-0.2, -0.15) is 5.10 Å². The summed E-state index contributed by atoms with van der Waals surface area (Å²) in [6.07, 6.45) is 0.950. The normalized spacial score (nSPS) is 15.9. The first-order chi connectivity index (χ1) is 14.6. The van der Waals surface area contributed by atoms with Gasteiger partial charge in [0, 0.05) is 32.2 Å². The molecule has 6 heteroatoms. The van der Waals surface area contributed by atoms with Gasteiger partial charge in [-0.25, -0.2) is 4.68 Å². The summed E-state index contributed by atoms with van der Waals surface area (Å²) in [5.74, 6) is 0.260. The summed E-state index contributed by atoms with van der Waals surface area (Å²) in [6.45, 7) is 6.99. The Kier molecular flexibility index (Phi) is 5.86. The average Bonchev–Trinajstić information content (AvgIpc) is 3.17. The second kappa shape index (κ2) is 8.71. The van der Waals surface area contributed by atoms with Gasteiger partial charge < -0.3 is 10.0 Å². The van der Waals surface area contributed by atoms with E-state index in [1.807, 2.05) is 66.2 Å². The molecular formula is C24H28N4O2. The number of piperazine rings is 1. The Hall–Kier alpha value is -3.12. The van der Waals surface area contributed by atoms with Crippen LogP contribution in [0.4, 0.5) is 5.82 Å². The number of aliphatic carboxylic acids is 1. The predicted molar refractivity (Wildman–Crippen MR) is 118 cm³/mol. The van der Waals surface area contributed by atoms with E-state index in [2.05, 4.69) is 27.9 Å². The van der Waals surface area contributed by atoms with Crippen LogP contribution in [0.25, 0.3) is 5.69 Å². The molecule has 0 amide bonds. The van der Waals surface area contributed by atoms with E-state index in [0.717, 1.165) is 42.3 Å². The van der Waals surface area contributed by atoms with Gasteiger partial charge in [-0.15, -0.1) is 0 Å². The number of hydrogen-bond acceptors (Lipinski definition) is 4. The number of aryl methyl sites for hydroxylation is 2. The first kappa shape index (κ1) is 20.2. The highest BCUT2D eigenvalue weighted by Gasteiger charge is 2.31. The molecule has 1 unspecified atom stereocenters. The average molecular weight is 405 g/mol. The highest BCUT2D eigenvalue weighted by molar-refractivity contribution is 5.75. The van der Waals surface area contributed by atoms with Gasteiger partial charge in [0.2, 0.25) is 0 Å². The van der Waals surface area contributed by atoms with Crippen LogP contribution in [0, 0.1) is 6.92 Å². The van der Waals surface area contributed by atoms with Crippen molar-refractivity contribution in [1.29, 1.82) is 0 Å². The predicted octanol–water partition coefficient (Wildman–Crippen LogP) is 3.69. The standard InChI is InChI=1S/C24H28N4O2/c1-3-19-9-11-20(12-10-19)23(24(29)30)27-15-13-26(14-16-27)22-17-18(2)25-28(22)21-7-5-4-6-8-21/h4-12,17,23H,3,13-16H2,1-2H3,(H,29,30). The molecule has 1 aliphatic rings. The van der Waals surface area contributed by atoms with E-state index in [1.54, 1.807) is 0 Å². The maximum atomic E-state index is 12.1. The van der Waals surface area contributed by atoms with Crippen LogP contribution >= 0.6 is 0 Å². The molecule has 2 aromatic carbocycles. The van der Waals surface area contributed by atoms with Gasteiger partial charge in [-0.3, -0.25) is 9.69 Å². The van der Waals surface area contributed by atoms with E-state index in [1.165, 1.54) is 5.56 Å². The van der Waals surface area contributed by atoms with E-state index in [0.29, 0.717) is 13.1 Å². The van der Waals surface area contributed by atoms with Crippen molar-refractivity contribution in [3.63, 3.8) is 0 Å². The van der Waals surface area contributed by atoms with Gasteiger partial charge >= 0.3 is 5.97 Å². The molecule has 156 valence electrons. The lowest BCUT2D eigenvalue weighted by molar-refractivity contribution is -0.143. The maximum Gasteiger partial charge on any atom is 0.325 e. The van der Waals surface area contributed by atoms with E-state index in [9.17, 15) is 9.90 Å². The third-order valence-corrected chi connectivity index (χ3v) is 5.75. The molecule has 0 spiro atoms. The Bertz CT molecular complexity index is 990. The number of rotatable bonds is 6. The molecule has 1 aromatic heterocycles. The van der Waals surface area contributed by atoms with Crippen molar-refractivity contribution in [3.05, 3.63) is 77.5 Å². The molecule has 3 aromatic rings. The maximum absolute atomic E-state index is 12.1. The number of carbonyl (C=O) groups is 1. The van der Waals surface area contributed by atoms with Gasteiger partial charge in [0.1, 0.15) is 11.9 Å². The summed E-state index contributed by atoms with van der Waals surface area (Å²) in [5, 5.41) is 14.6. The number of carboxylic acids is 1. The Balaban J connectivity index is 1.51. The molecule has 1 aliphatic heterocycles. The van der Waals surface area contributed by atoms with Gasteiger partial charge in [0.25, 0.3) is 0 Å². The molecule has 6 nitrogen and oxygen atoms in total. The summed E-state index contributed by atoms with van der Waals surface area (Å²) >= 11 is 0. The lowest BCUT2D eigenvalue weighted by atomic mass is 10.0. The third kappa shape index (κ3) is 4.09. The Morgan fingerprint density at radius 1 is 1.03 bits per heavy atom. The number of para-hydroxylation sites is 1. The largest absolute Gasteiger partial charge is 0.480 e. The fraction of sp³-hybridized carbons (Fsp3) is 0.333. The Morgan fingerprint density at radius 2 is 1.70 bits per heavy atom. The van der Waals surface area contributed by atoms with Crippen molar-refractivity contribution in [1.82, 2.24) is 14.7 Å². The SMILES string of the molecule is CCc1ccc(C(C(=O)O)N2CCN(c3cc(C)nn3-c3ccccc3)CC2)cc1. The lowest BCUT2D eigenvalue weighted by Gasteiger charge is -2.38. The molecule has 1 fully saturated rings. The fourth-order valence-electron chi connectivity index (χ4n) is 4.12. The van der Waals surface area contributed by atoms with Crippen molar-refractivity contribution >= 4 is 11.8 Å². The molecule has 0 aliphatic carbocycles. The number of benzene rings is 2. The van der Waals surface area contributed by atoms with E-state index in [4.69, 9.17) is 0 Å². The van der Waals surface area contributed by atoms with Crippen molar-refractivity contribution in [2.24, 2.45) is 0 Å². The topological polar surface area (TPSA) is 61.6 Å². The number of aromatic nitrogens is 2. The van der Waals surface area contributed by atoms with Crippen LogP contribution in [-0.2, 0) is 11.2 Å². The summed E-state index contributed by atoms with van der Waals surface area (Å²) < 4.78 is 1.98. The van der Waals surface area contributed by atoms with Crippen LogP contribution < -0.4 is 4.90 Å². The molecule has 4 rings (SSSR count). The molecule has 1 saturated heterocycles. The molecule has 0 radical (unpaired) electrons. The van der Waals surface area contributed by atoms with E-state index < -0.39 is 12.0 Å². The summed E-state index contributed by atoms with van der Waals surface area (Å²) in [5.41, 5.74) is 4.06. The van der Waals surface area contributed by atoms with Crippen LogP contribution in [0.1, 0.15) is 29.8 Å². The fourth-order valence-corrected chi connectivity index (χ4v) is 4.12. The van der Waals surface area contributed by atoms with Crippen molar-refractivity contribution < 1.29 is 9.90 Å². The molecule has 1 atom stereocenters. The third-order valence-electron chi connectivity index (χ3n) is 5.75. The van der Waals surface area contributed by atoms with Gasteiger partial charge in [-0.1, -0.05) is 49.4 Å². The Morgan fingerprint density at radius 3 is 2.30 bits per heavy atom. The Labute approximate surface area is 177 Å². The van der Waals surface area contributed by atoms with Crippen LogP contribution in [0.15, 0.2) is 60.7 Å². The van der Waals surface area contributed by atoms with E-state index in [-0.39, 0.29) is 0 Å². The van der Waals surface area contributed by atoms with Crippen molar-refractivity contribution in [3.8, 4) is 5.69 Å². The zero-order valence-corrected chi connectivity index (χ0v) is 17.5. The molecule has 0 saturated carbocycles. The molecule has 1 N–H and O–H groups in total. The number of anilines is 1. The lowest BCUT2D eigenvalue weighted by Crippen LogP contribution is -2.49. The van der Waals surface area contributed by atoms with Crippen LogP contribution in [0.2, 0.25) is 0 Å². The second-order valence-electron chi connectivity index (χ2n) is 7.75. The van der Waals surface area contributed by atoms with Crippen LogP contribution in [0.5, 0.6) is 0 Å². The molecule has 30 heavy (non-hydrogen) atoms. The molecular weight excluding hydrogens is 376 g/mol. The molecule has 0 bridgehead atoms. The summed E-state index contributed by atoms with van der Waals surface area (Å²) in [7, 11) is 0. The molecule has 2 heterocycles. The van der Waals surface area contributed by atoms with Crippen LogP contribution in [0.3, 0.4) is 0 Å². The zero-order valence-electron chi connectivity index (χ0n) is 17.5. The first-order valence-corrected chi connectivity index (χ1v) is 10.5. The van der Waals surface area contributed by atoms with Crippen LogP contribution in [-0.4, -0.2) is 51.9 Å². The number of nitrogens with zero attached hydrogens (tertiary/aromatic N) is 4. The monoisotopic (exact) mass is 404 g/mol. The van der Waals surface area contributed by atoms with E-state index >= 15 is 0 Å². The quantitative estimate of drug-likeness (QED) is 0.679. The highest BCUT2D eigenvalue weighted by Crippen LogP contribution is 2.27. The van der Waals surface area contributed by atoms with Gasteiger partial charge in [-0.05, 0) is 36.6 Å². The van der Waals surface area contributed by atoms with Gasteiger partial charge in [0.15, 0.2) is 0 Å². The smallest absolute Gasteiger partial charge is 0.325 e. The first-order valence-electron chi connectivity index (χ1n) is 10.5. The summed E-state index contributed by atoms with van der Waals surface area (Å²) in [4.78, 5) is 16.4. The second-order valence-corrected chi connectivity index (χ2v) is 7.75. The number of hydrogen-bond donors (Lipinski definition) is 1. The zero-order chi connectivity index (χ0) is 21.1. The highest BCUT2D eigenvalue weighted by atomic mass is 16.4. The minimum absolute atomic E-state index is 0.612. The number of carboxylic acid groups (broad SMARTS) is 1. The minimum atomic E-state index is -0.794.